The third kappa shape index (κ3) is 4.79. The van der Waals surface area contributed by atoms with Gasteiger partial charge in [0.15, 0.2) is 0 Å². The monoisotopic (exact) mass is 415 g/mol. The van der Waals surface area contributed by atoms with E-state index in [1.54, 1.807) is 26.0 Å². The van der Waals surface area contributed by atoms with E-state index in [-0.39, 0.29) is 10.8 Å². The zero-order valence-electron chi connectivity index (χ0n) is 17.3. The minimum absolute atomic E-state index is 0.132. The van der Waals surface area contributed by atoms with Crippen molar-refractivity contribution in [1.29, 1.82) is 0 Å². The molecule has 29 heavy (non-hydrogen) atoms. The summed E-state index contributed by atoms with van der Waals surface area (Å²) in [6.07, 6.45) is 1.20. The van der Waals surface area contributed by atoms with Crippen LogP contribution in [0.5, 0.6) is 0 Å². The molecular formula is C22H29N3O3S. The van der Waals surface area contributed by atoms with Crippen LogP contribution in [-0.4, -0.2) is 44.8 Å². The molecule has 0 aliphatic carbocycles. The number of carbonyl (C=O) groups is 1. The SMILES string of the molecule is CCN(CC)S(=O)(=O)c1cccc(C(=O)Nc2ccc(N3CCC(C)C3)cc2)c1. The van der Waals surface area contributed by atoms with Crippen molar-refractivity contribution >= 4 is 27.3 Å². The first-order valence-electron chi connectivity index (χ1n) is 10.1. The normalized spacial score (nSPS) is 17.0. The maximum Gasteiger partial charge on any atom is 0.255 e. The van der Waals surface area contributed by atoms with Crippen molar-refractivity contribution in [3.63, 3.8) is 0 Å². The number of hydrogen-bond donors (Lipinski definition) is 1. The van der Waals surface area contributed by atoms with Crippen LogP contribution in [0.1, 0.15) is 37.6 Å². The molecule has 1 heterocycles. The Hall–Kier alpha value is -2.38. The Bertz CT molecular complexity index is 954. The molecular weight excluding hydrogens is 386 g/mol. The highest BCUT2D eigenvalue weighted by molar-refractivity contribution is 7.89. The fourth-order valence-corrected chi connectivity index (χ4v) is 5.14. The Balaban J connectivity index is 1.73. The van der Waals surface area contributed by atoms with Crippen LogP contribution in [0.15, 0.2) is 53.4 Å². The molecule has 2 aromatic rings. The van der Waals surface area contributed by atoms with Crippen molar-refractivity contribution in [1.82, 2.24) is 4.31 Å². The zero-order chi connectivity index (χ0) is 21.0. The predicted octanol–water partition coefficient (Wildman–Crippen LogP) is 3.82. The lowest BCUT2D eigenvalue weighted by Crippen LogP contribution is -2.30. The van der Waals surface area contributed by atoms with E-state index in [1.807, 2.05) is 24.3 Å². The van der Waals surface area contributed by atoms with Crippen LogP contribution in [0.25, 0.3) is 0 Å². The van der Waals surface area contributed by atoms with Crippen LogP contribution in [0, 0.1) is 5.92 Å². The van der Waals surface area contributed by atoms with Gasteiger partial charge in [-0.1, -0.05) is 26.8 Å². The van der Waals surface area contributed by atoms with Crippen molar-refractivity contribution in [2.75, 3.05) is 36.4 Å². The van der Waals surface area contributed by atoms with Gasteiger partial charge >= 0.3 is 0 Å². The van der Waals surface area contributed by atoms with Crippen molar-refractivity contribution in [2.24, 2.45) is 5.92 Å². The van der Waals surface area contributed by atoms with E-state index in [9.17, 15) is 13.2 Å². The van der Waals surface area contributed by atoms with Gasteiger partial charge in [0.2, 0.25) is 10.0 Å². The Morgan fingerprint density at radius 3 is 2.41 bits per heavy atom. The minimum atomic E-state index is -3.60. The molecule has 1 N–H and O–H groups in total. The summed E-state index contributed by atoms with van der Waals surface area (Å²) in [4.78, 5) is 15.1. The number of nitrogens with zero attached hydrogens (tertiary/aromatic N) is 2. The lowest BCUT2D eigenvalue weighted by Gasteiger charge is -2.19. The summed E-state index contributed by atoms with van der Waals surface area (Å²) in [7, 11) is -3.60. The van der Waals surface area contributed by atoms with Gasteiger partial charge in [0.25, 0.3) is 5.91 Å². The standard InChI is InChI=1S/C22H29N3O3S/c1-4-25(5-2)29(27,28)21-8-6-7-18(15-21)22(26)23-19-9-11-20(12-10-19)24-14-13-17(3)16-24/h6-12,15,17H,4-5,13-14,16H2,1-3H3,(H,23,26). The molecule has 2 aromatic carbocycles. The highest BCUT2D eigenvalue weighted by Gasteiger charge is 2.23. The second-order valence-electron chi connectivity index (χ2n) is 7.46. The number of carbonyl (C=O) groups excluding carboxylic acids is 1. The Labute approximate surface area is 173 Å². The number of nitrogens with one attached hydrogen (secondary N) is 1. The molecule has 156 valence electrons. The van der Waals surface area contributed by atoms with Crippen LogP contribution < -0.4 is 10.2 Å². The topological polar surface area (TPSA) is 69.7 Å². The van der Waals surface area contributed by atoms with E-state index in [2.05, 4.69) is 17.1 Å². The molecule has 0 spiro atoms. The van der Waals surface area contributed by atoms with E-state index < -0.39 is 10.0 Å². The minimum Gasteiger partial charge on any atom is -0.371 e. The predicted molar refractivity (Wildman–Crippen MR) is 117 cm³/mol. The fraction of sp³-hybridized carbons (Fsp3) is 0.409. The summed E-state index contributed by atoms with van der Waals surface area (Å²) in [5.74, 6) is 0.374. The molecule has 7 heteroatoms. The van der Waals surface area contributed by atoms with Crippen molar-refractivity contribution in [3.8, 4) is 0 Å². The molecule has 1 fully saturated rings. The summed E-state index contributed by atoms with van der Waals surface area (Å²) in [6.45, 7) is 8.73. The van der Waals surface area contributed by atoms with Crippen LogP contribution >= 0.6 is 0 Å². The number of anilines is 2. The Morgan fingerprint density at radius 1 is 1.14 bits per heavy atom. The number of benzene rings is 2. The smallest absolute Gasteiger partial charge is 0.255 e. The van der Waals surface area contributed by atoms with Gasteiger partial charge in [0.05, 0.1) is 4.90 Å². The van der Waals surface area contributed by atoms with Crippen molar-refractivity contribution in [3.05, 3.63) is 54.1 Å². The van der Waals surface area contributed by atoms with E-state index in [1.165, 1.54) is 22.9 Å². The lowest BCUT2D eigenvalue weighted by molar-refractivity contribution is 0.102. The highest BCUT2D eigenvalue weighted by Crippen LogP contribution is 2.25. The van der Waals surface area contributed by atoms with Crippen LogP contribution in [0.3, 0.4) is 0 Å². The van der Waals surface area contributed by atoms with E-state index in [4.69, 9.17) is 0 Å². The summed E-state index contributed by atoms with van der Waals surface area (Å²) >= 11 is 0. The summed E-state index contributed by atoms with van der Waals surface area (Å²) in [5.41, 5.74) is 2.15. The lowest BCUT2D eigenvalue weighted by atomic mass is 10.2. The average Bonchev–Trinajstić information content (AvgIpc) is 3.15. The van der Waals surface area contributed by atoms with Crippen LogP contribution in [0.4, 0.5) is 11.4 Å². The van der Waals surface area contributed by atoms with E-state index in [0.29, 0.717) is 30.3 Å². The molecule has 1 unspecified atom stereocenters. The largest absolute Gasteiger partial charge is 0.371 e. The number of sulfonamides is 1. The molecule has 1 saturated heterocycles. The first kappa shape index (κ1) is 21.3. The van der Waals surface area contributed by atoms with Crippen molar-refractivity contribution in [2.45, 2.75) is 32.1 Å². The van der Waals surface area contributed by atoms with Gasteiger partial charge in [-0.25, -0.2) is 8.42 Å². The third-order valence-electron chi connectivity index (χ3n) is 5.35. The van der Waals surface area contributed by atoms with Crippen LogP contribution in [-0.2, 0) is 10.0 Å². The first-order chi connectivity index (χ1) is 13.8. The van der Waals surface area contributed by atoms with Gasteiger partial charge in [0.1, 0.15) is 0 Å². The zero-order valence-corrected chi connectivity index (χ0v) is 18.1. The Kier molecular flexibility index (Phi) is 6.59. The van der Waals surface area contributed by atoms with Crippen LogP contribution in [0.2, 0.25) is 0 Å². The fourth-order valence-electron chi connectivity index (χ4n) is 3.64. The second kappa shape index (κ2) is 8.97. The molecule has 1 aliphatic rings. The number of rotatable bonds is 7. The average molecular weight is 416 g/mol. The summed E-state index contributed by atoms with van der Waals surface area (Å²) in [5, 5.41) is 2.85. The molecule has 3 rings (SSSR count). The molecule has 0 saturated carbocycles. The number of amides is 1. The number of hydrogen-bond acceptors (Lipinski definition) is 4. The van der Waals surface area contributed by atoms with Gasteiger partial charge in [-0.05, 0) is 54.8 Å². The summed E-state index contributed by atoms with van der Waals surface area (Å²) in [6, 6.07) is 14.0. The van der Waals surface area contributed by atoms with Crippen molar-refractivity contribution < 1.29 is 13.2 Å². The quantitative estimate of drug-likeness (QED) is 0.746. The molecule has 6 nitrogen and oxygen atoms in total. The van der Waals surface area contributed by atoms with E-state index in [0.717, 1.165) is 18.8 Å². The molecule has 1 atom stereocenters. The van der Waals surface area contributed by atoms with Gasteiger partial charge in [-0.2, -0.15) is 4.31 Å². The van der Waals surface area contributed by atoms with Gasteiger partial charge in [-0.3, -0.25) is 4.79 Å². The molecule has 0 radical (unpaired) electrons. The molecule has 1 amide bonds. The highest BCUT2D eigenvalue weighted by atomic mass is 32.2. The maximum absolute atomic E-state index is 12.7. The van der Waals surface area contributed by atoms with Gasteiger partial charge in [0, 0.05) is 43.1 Å². The van der Waals surface area contributed by atoms with Gasteiger partial charge in [-0.15, -0.1) is 0 Å². The van der Waals surface area contributed by atoms with Gasteiger partial charge < -0.3 is 10.2 Å². The Morgan fingerprint density at radius 2 is 1.83 bits per heavy atom. The maximum atomic E-state index is 12.7. The first-order valence-corrected chi connectivity index (χ1v) is 11.6. The second-order valence-corrected chi connectivity index (χ2v) is 9.40. The summed E-state index contributed by atoms with van der Waals surface area (Å²) < 4.78 is 26.8. The molecule has 0 bridgehead atoms. The van der Waals surface area contributed by atoms with E-state index >= 15 is 0 Å². The third-order valence-corrected chi connectivity index (χ3v) is 7.40. The molecule has 1 aliphatic heterocycles. The molecule has 0 aromatic heterocycles.